The van der Waals surface area contributed by atoms with Gasteiger partial charge in [-0.05, 0) is 12.8 Å². The van der Waals surface area contributed by atoms with E-state index >= 15 is 0 Å². The normalized spacial score (nSPS) is 11.4. The first-order chi connectivity index (χ1) is 7.93. The van der Waals surface area contributed by atoms with E-state index in [1.54, 1.807) is 5.38 Å². The van der Waals surface area contributed by atoms with Crippen LogP contribution in [0.4, 0.5) is 5.13 Å². The highest BCUT2D eigenvalue weighted by atomic mass is 32.2. The number of thiazole rings is 1. The van der Waals surface area contributed by atoms with E-state index in [0.29, 0.717) is 18.5 Å². The van der Waals surface area contributed by atoms with Crippen molar-refractivity contribution in [3.05, 3.63) is 11.1 Å². The van der Waals surface area contributed by atoms with Gasteiger partial charge in [0.05, 0.1) is 5.69 Å². The second kappa shape index (κ2) is 5.94. The Bertz CT molecular complexity index is 483. The summed E-state index contributed by atoms with van der Waals surface area (Å²) in [7, 11) is -2.24. The van der Waals surface area contributed by atoms with Gasteiger partial charge in [0.2, 0.25) is 0 Å². The van der Waals surface area contributed by atoms with Crippen molar-refractivity contribution in [1.82, 2.24) is 9.71 Å². The zero-order valence-electron chi connectivity index (χ0n) is 9.13. The van der Waals surface area contributed by atoms with Crippen LogP contribution >= 0.6 is 11.3 Å². The minimum atomic E-state index is -3.54. The van der Waals surface area contributed by atoms with Gasteiger partial charge in [0.1, 0.15) is 0 Å². The van der Waals surface area contributed by atoms with Crippen LogP contribution in [0.25, 0.3) is 0 Å². The van der Waals surface area contributed by atoms with Crippen LogP contribution in [-0.2, 0) is 21.4 Å². The summed E-state index contributed by atoms with van der Waals surface area (Å²) >= 11 is 1.16. The predicted molar refractivity (Wildman–Crippen MR) is 64.3 cm³/mol. The van der Waals surface area contributed by atoms with Crippen LogP contribution in [0.15, 0.2) is 5.38 Å². The molecule has 3 N–H and O–H groups in total. The molecule has 1 rings (SSSR count). The maximum atomic E-state index is 11.1. The van der Waals surface area contributed by atoms with E-state index in [1.165, 1.54) is 7.05 Å². The van der Waals surface area contributed by atoms with Gasteiger partial charge in [-0.25, -0.2) is 14.4 Å². The van der Waals surface area contributed by atoms with Crippen molar-refractivity contribution >= 4 is 32.6 Å². The van der Waals surface area contributed by atoms with E-state index in [-0.39, 0.29) is 11.6 Å². The first-order valence-corrected chi connectivity index (χ1v) is 7.16. The first kappa shape index (κ1) is 13.9. The second-order valence-electron chi connectivity index (χ2n) is 3.20. The Labute approximate surface area is 103 Å². The van der Waals surface area contributed by atoms with Crippen molar-refractivity contribution in [3.8, 4) is 0 Å². The van der Waals surface area contributed by atoms with Gasteiger partial charge in [-0.15, -0.1) is 11.3 Å². The molecule has 0 aliphatic rings. The largest absolute Gasteiger partial charge is 0.481 e. The fraction of sp³-hybridized carbons (Fsp3) is 0.500. The van der Waals surface area contributed by atoms with Crippen molar-refractivity contribution in [3.63, 3.8) is 0 Å². The topological polar surface area (TPSA) is 108 Å². The predicted octanol–water partition coefficient (Wildman–Crippen LogP) is 0.426. The quantitative estimate of drug-likeness (QED) is 0.670. The number of aryl methyl sites for hydroxylation is 1. The lowest BCUT2D eigenvalue weighted by molar-refractivity contribution is -0.137. The fourth-order valence-corrected chi connectivity index (χ4v) is 2.54. The SMILES string of the molecule is CNS(=O)(=O)Nc1nc(CCCC(=O)O)cs1. The van der Waals surface area contributed by atoms with E-state index in [9.17, 15) is 13.2 Å². The molecule has 1 aromatic rings. The lowest BCUT2D eigenvalue weighted by Crippen LogP contribution is -2.26. The van der Waals surface area contributed by atoms with Crippen LogP contribution in [0.1, 0.15) is 18.5 Å². The minimum absolute atomic E-state index is 0.0785. The number of hydrogen-bond donors (Lipinski definition) is 3. The average Bonchev–Trinajstić information content (AvgIpc) is 2.64. The monoisotopic (exact) mass is 279 g/mol. The summed E-state index contributed by atoms with van der Waals surface area (Å²) in [5.41, 5.74) is 0.685. The Morgan fingerprint density at radius 2 is 2.29 bits per heavy atom. The molecule has 9 heteroatoms. The maximum Gasteiger partial charge on any atom is 0.303 e. The Hall–Kier alpha value is -1.19. The van der Waals surface area contributed by atoms with Crippen molar-refractivity contribution in [1.29, 1.82) is 0 Å². The lowest BCUT2D eigenvalue weighted by atomic mass is 10.2. The van der Waals surface area contributed by atoms with Crippen LogP contribution < -0.4 is 9.44 Å². The molecule has 0 spiro atoms. The maximum absolute atomic E-state index is 11.1. The highest BCUT2D eigenvalue weighted by Gasteiger charge is 2.10. The van der Waals surface area contributed by atoms with Gasteiger partial charge in [-0.1, -0.05) is 0 Å². The van der Waals surface area contributed by atoms with E-state index in [0.717, 1.165) is 11.3 Å². The molecule has 0 bridgehead atoms. The zero-order valence-corrected chi connectivity index (χ0v) is 10.8. The Balaban J connectivity index is 2.51. The van der Waals surface area contributed by atoms with E-state index in [1.807, 2.05) is 0 Å². The molecule has 0 saturated heterocycles. The van der Waals surface area contributed by atoms with E-state index in [4.69, 9.17) is 5.11 Å². The van der Waals surface area contributed by atoms with Gasteiger partial charge in [0.15, 0.2) is 5.13 Å². The summed E-state index contributed by atoms with van der Waals surface area (Å²) in [5, 5.41) is 10.4. The van der Waals surface area contributed by atoms with Gasteiger partial charge in [0.25, 0.3) is 0 Å². The molecule has 7 nitrogen and oxygen atoms in total. The number of aromatic nitrogens is 1. The van der Waals surface area contributed by atoms with Crippen molar-refractivity contribution in [2.75, 3.05) is 11.8 Å². The van der Waals surface area contributed by atoms with Crippen molar-refractivity contribution in [2.24, 2.45) is 0 Å². The number of nitrogens with zero attached hydrogens (tertiary/aromatic N) is 1. The van der Waals surface area contributed by atoms with E-state index in [2.05, 4.69) is 14.4 Å². The fourth-order valence-electron chi connectivity index (χ4n) is 1.06. The summed E-state index contributed by atoms with van der Waals surface area (Å²) in [5.74, 6) is -0.851. The molecule has 0 aliphatic heterocycles. The molecule has 1 heterocycles. The van der Waals surface area contributed by atoms with Gasteiger partial charge >= 0.3 is 16.2 Å². The van der Waals surface area contributed by atoms with Gasteiger partial charge in [-0.3, -0.25) is 4.79 Å². The zero-order chi connectivity index (χ0) is 12.9. The standard InChI is InChI=1S/C8H13N3O4S2/c1-9-17(14,15)11-8-10-6(5-16-8)3-2-4-7(12)13/h5,9H,2-4H2,1H3,(H,10,11)(H,12,13). The molecule has 0 amide bonds. The Morgan fingerprint density at radius 3 is 2.88 bits per heavy atom. The summed E-state index contributed by atoms with van der Waals surface area (Å²) < 4.78 is 26.6. The third-order valence-corrected chi connectivity index (χ3v) is 3.80. The molecule has 0 aromatic carbocycles. The molecule has 0 saturated carbocycles. The first-order valence-electron chi connectivity index (χ1n) is 4.80. The number of carbonyl (C=O) groups is 1. The molecule has 0 aliphatic carbocycles. The van der Waals surface area contributed by atoms with Gasteiger partial charge in [0, 0.05) is 18.8 Å². The third-order valence-electron chi connectivity index (χ3n) is 1.87. The number of rotatable bonds is 7. The van der Waals surface area contributed by atoms with Crippen LogP contribution in [0.5, 0.6) is 0 Å². The molecule has 1 aromatic heterocycles. The van der Waals surface area contributed by atoms with Gasteiger partial charge in [-0.2, -0.15) is 8.42 Å². The summed E-state index contributed by atoms with van der Waals surface area (Å²) in [6.45, 7) is 0. The molecule has 96 valence electrons. The minimum Gasteiger partial charge on any atom is -0.481 e. The third kappa shape index (κ3) is 5.11. The summed E-state index contributed by atoms with van der Waals surface area (Å²) in [6.07, 6.45) is 1.08. The Kier molecular flexibility index (Phi) is 4.85. The van der Waals surface area contributed by atoms with E-state index < -0.39 is 16.2 Å². The molecular formula is C8H13N3O4S2. The molecule has 17 heavy (non-hydrogen) atoms. The highest BCUT2D eigenvalue weighted by molar-refractivity contribution is 7.91. The number of carboxylic acids is 1. The van der Waals surface area contributed by atoms with Crippen LogP contribution in [-0.4, -0.2) is 31.5 Å². The van der Waals surface area contributed by atoms with Crippen molar-refractivity contribution in [2.45, 2.75) is 19.3 Å². The number of anilines is 1. The molecule has 0 unspecified atom stereocenters. The smallest absolute Gasteiger partial charge is 0.303 e. The van der Waals surface area contributed by atoms with Crippen LogP contribution in [0, 0.1) is 0 Å². The number of hydrogen-bond acceptors (Lipinski definition) is 5. The number of carboxylic acid groups (broad SMARTS) is 1. The molecule has 0 radical (unpaired) electrons. The van der Waals surface area contributed by atoms with Crippen LogP contribution in [0.3, 0.4) is 0 Å². The van der Waals surface area contributed by atoms with Crippen molar-refractivity contribution < 1.29 is 18.3 Å². The average molecular weight is 279 g/mol. The van der Waals surface area contributed by atoms with Gasteiger partial charge < -0.3 is 5.11 Å². The van der Waals surface area contributed by atoms with Crippen LogP contribution in [0.2, 0.25) is 0 Å². The summed E-state index contributed by atoms with van der Waals surface area (Å²) in [4.78, 5) is 14.3. The molecule has 0 fully saturated rings. The molecular weight excluding hydrogens is 266 g/mol. The number of aliphatic carboxylic acids is 1. The highest BCUT2D eigenvalue weighted by Crippen LogP contribution is 2.17. The Morgan fingerprint density at radius 1 is 1.59 bits per heavy atom. The lowest BCUT2D eigenvalue weighted by Gasteiger charge is -2.01. The second-order valence-corrected chi connectivity index (χ2v) is 5.68. The number of nitrogens with one attached hydrogen (secondary N) is 2. The summed E-state index contributed by atoms with van der Waals surface area (Å²) in [6, 6.07) is 0. The molecule has 0 atom stereocenters.